The van der Waals surface area contributed by atoms with Gasteiger partial charge in [0, 0.05) is 19.2 Å². The molecule has 7 nitrogen and oxygen atoms in total. The summed E-state index contributed by atoms with van der Waals surface area (Å²) in [6.45, 7) is 5.69. The average Bonchev–Trinajstić information content (AvgIpc) is 3.22. The van der Waals surface area contributed by atoms with Gasteiger partial charge in [0.2, 0.25) is 0 Å². The van der Waals surface area contributed by atoms with Crippen LogP contribution in [0.5, 0.6) is 11.5 Å². The van der Waals surface area contributed by atoms with Crippen molar-refractivity contribution in [1.82, 2.24) is 4.90 Å². The van der Waals surface area contributed by atoms with Gasteiger partial charge in [0.05, 0.1) is 24.8 Å². The summed E-state index contributed by atoms with van der Waals surface area (Å²) in [5.74, 6) is -0.270. The molecule has 0 bridgehead atoms. The van der Waals surface area contributed by atoms with Crippen molar-refractivity contribution in [3.8, 4) is 11.5 Å². The van der Waals surface area contributed by atoms with Gasteiger partial charge in [-0.2, -0.15) is 0 Å². The summed E-state index contributed by atoms with van der Waals surface area (Å²) >= 11 is 0. The number of aliphatic hydroxyl groups is 1. The Morgan fingerprint density at radius 2 is 1.60 bits per heavy atom. The lowest BCUT2D eigenvalue weighted by atomic mass is 9.95. The maximum Gasteiger partial charge on any atom is 0.295 e. The highest BCUT2D eigenvalue weighted by atomic mass is 16.5. The molecule has 40 heavy (non-hydrogen) atoms. The molecule has 7 heteroatoms. The van der Waals surface area contributed by atoms with Crippen LogP contribution in [0.1, 0.15) is 54.5 Å². The summed E-state index contributed by atoms with van der Waals surface area (Å²) < 4.78 is 16.9. The number of aliphatic hydroxyl groups excluding tert-OH is 1. The van der Waals surface area contributed by atoms with Crippen LogP contribution in [0.4, 0.5) is 0 Å². The zero-order valence-electron chi connectivity index (χ0n) is 23.4. The van der Waals surface area contributed by atoms with Gasteiger partial charge < -0.3 is 24.2 Å². The van der Waals surface area contributed by atoms with Crippen LogP contribution in [0.25, 0.3) is 5.76 Å². The molecule has 0 aliphatic carbocycles. The van der Waals surface area contributed by atoms with E-state index in [-0.39, 0.29) is 24.5 Å². The molecule has 1 saturated heterocycles. The van der Waals surface area contributed by atoms with Crippen LogP contribution in [0.2, 0.25) is 0 Å². The standard InChI is InChI=1S/C33H37NO6/c1-4-5-6-19-39-27-14-10-25(11-15-27)30-29(32(36)33(37)34(30)18-20-38-3)31(35)26-12-16-28(17-13-26)40-22-24-9-7-8-23(2)21-24/h7-17,21,30,35H,4-6,18-20,22H2,1-3H3. The van der Waals surface area contributed by atoms with E-state index in [4.69, 9.17) is 14.2 Å². The van der Waals surface area contributed by atoms with Gasteiger partial charge in [-0.05, 0) is 60.9 Å². The van der Waals surface area contributed by atoms with E-state index in [0.29, 0.717) is 30.1 Å². The summed E-state index contributed by atoms with van der Waals surface area (Å²) in [7, 11) is 1.54. The summed E-state index contributed by atoms with van der Waals surface area (Å²) in [6.07, 6.45) is 3.20. The highest BCUT2D eigenvalue weighted by Crippen LogP contribution is 2.40. The highest BCUT2D eigenvalue weighted by Gasteiger charge is 2.45. The molecule has 1 atom stereocenters. The number of ether oxygens (including phenoxy) is 3. The number of carbonyl (C=O) groups excluding carboxylic acids is 2. The molecule has 0 spiro atoms. The van der Waals surface area contributed by atoms with Crippen molar-refractivity contribution in [1.29, 1.82) is 0 Å². The minimum absolute atomic E-state index is 0.0474. The first-order valence-electron chi connectivity index (χ1n) is 13.7. The van der Waals surface area contributed by atoms with Gasteiger partial charge in [-0.1, -0.05) is 61.7 Å². The Morgan fingerprint density at radius 1 is 0.900 bits per heavy atom. The summed E-state index contributed by atoms with van der Waals surface area (Å²) in [6, 6.07) is 21.5. The van der Waals surface area contributed by atoms with Gasteiger partial charge in [-0.3, -0.25) is 9.59 Å². The maximum absolute atomic E-state index is 13.2. The van der Waals surface area contributed by atoms with E-state index in [1.54, 1.807) is 31.4 Å². The SMILES string of the molecule is CCCCCOc1ccc(C2C(=C(O)c3ccc(OCc4cccc(C)c4)cc3)C(=O)C(=O)N2CCOC)cc1. The predicted molar refractivity (Wildman–Crippen MR) is 154 cm³/mol. The number of aryl methyl sites for hydroxylation is 1. The van der Waals surface area contributed by atoms with Gasteiger partial charge >= 0.3 is 0 Å². The normalized spacial score (nSPS) is 16.4. The monoisotopic (exact) mass is 543 g/mol. The third kappa shape index (κ3) is 6.90. The predicted octanol–water partition coefficient (Wildman–Crippen LogP) is 6.21. The summed E-state index contributed by atoms with van der Waals surface area (Å²) in [4.78, 5) is 27.7. The van der Waals surface area contributed by atoms with Crippen LogP contribution in [0, 0.1) is 6.92 Å². The Labute approximate surface area is 236 Å². The van der Waals surface area contributed by atoms with E-state index in [1.165, 1.54) is 4.90 Å². The molecule has 3 aromatic rings. The van der Waals surface area contributed by atoms with Crippen molar-refractivity contribution in [2.24, 2.45) is 0 Å². The molecule has 1 fully saturated rings. The number of nitrogens with zero attached hydrogens (tertiary/aromatic N) is 1. The Bertz CT molecular complexity index is 1330. The Morgan fingerprint density at radius 3 is 2.27 bits per heavy atom. The lowest BCUT2D eigenvalue weighted by Crippen LogP contribution is -2.32. The molecule has 0 radical (unpaired) electrons. The van der Waals surface area contributed by atoms with E-state index in [1.807, 2.05) is 49.4 Å². The third-order valence-electron chi connectivity index (χ3n) is 6.90. The number of Topliss-reactive ketones (excluding diaryl/α,β-unsaturated/α-hetero) is 1. The minimum atomic E-state index is -0.749. The van der Waals surface area contributed by atoms with Crippen molar-refractivity contribution in [2.45, 2.75) is 45.8 Å². The van der Waals surface area contributed by atoms with Crippen molar-refractivity contribution in [3.63, 3.8) is 0 Å². The molecule has 1 amide bonds. The number of rotatable bonds is 13. The molecule has 0 aromatic heterocycles. The van der Waals surface area contributed by atoms with E-state index < -0.39 is 17.7 Å². The number of methoxy groups -OCH3 is 1. The first kappa shape index (κ1) is 28.9. The molecule has 0 saturated carbocycles. The number of likely N-dealkylation sites (tertiary alicyclic amines) is 1. The fourth-order valence-corrected chi connectivity index (χ4v) is 4.77. The Balaban J connectivity index is 1.58. The number of hydrogen-bond acceptors (Lipinski definition) is 6. The zero-order chi connectivity index (χ0) is 28.5. The van der Waals surface area contributed by atoms with Gasteiger partial charge in [0.15, 0.2) is 0 Å². The lowest BCUT2D eigenvalue weighted by Gasteiger charge is -2.25. The maximum atomic E-state index is 13.2. The molecular weight excluding hydrogens is 506 g/mol. The number of hydrogen-bond donors (Lipinski definition) is 1. The lowest BCUT2D eigenvalue weighted by molar-refractivity contribution is -0.140. The average molecular weight is 544 g/mol. The van der Waals surface area contributed by atoms with Gasteiger partial charge in [-0.15, -0.1) is 0 Å². The first-order valence-corrected chi connectivity index (χ1v) is 13.7. The summed E-state index contributed by atoms with van der Waals surface area (Å²) in [5, 5.41) is 11.3. The van der Waals surface area contributed by atoms with Crippen LogP contribution in [0.15, 0.2) is 78.4 Å². The van der Waals surface area contributed by atoms with E-state index in [0.717, 1.165) is 36.1 Å². The molecule has 1 N–H and O–H groups in total. The van der Waals surface area contributed by atoms with Gasteiger partial charge in [0.1, 0.15) is 23.9 Å². The number of unbranched alkanes of at least 4 members (excludes halogenated alkanes) is 2. The van der Waals surface area contributed by atoms with Crippen molar-refractivity contribution < 1.29 is 28.9 Å². The van der Waals surface area contributed by atoms with E-state index in [9.17, 15) is 14.7 Å². The van der Waals surface area contributed by atoms with Crippen LogP contribution in [0.3, 0.4) is 0 Å². The number of carbonyl (C=O) groups is 2. The fourth-order valence-electron chi connectivity index (χ4n) is 4.77. The highest BCUT2D eigenvalue weighted by molar-refractivity contribution is 6.46. The second kappa shape index (κ2) is 13.8. The van der Waals surface area contributed by atoms with Gasteiger partial charge in [-0.25, -0.2) is 0 Å². The Kier molecular flexibility index (Phi) is 9.97. The summed E-state index contributed by atoms with van der Waals surface area (Å²) in [5.41, 5.74) is 3.39. The van der Waals surface area contributed by atoms with Crippen molar-refractivity contribution in [2.75, 3.05) is 26.9 Å². The first-order chi connectivity index (χ1) is 19.4. The molecule has 1 heterocycles. The molecular formula is C33H37NO6. The molecule has 1 aliphatic heterocycles. The van der Waals surface area contributed by atoms with E-state index in [2.05, 4.69) is 13.0 Å². The van der Waals surface area contributed by atoms with Crippen molar-refractivity contribution in [3.05, 3.63) is 101 Å². The fraction of sp³-hybridized carbons (Fsp3) is 0.333. The number of ketones is 1. The largest absolute Gasteiger partial charge is 0.507 e. The van der Waals surface area contributed by atoms with Crippen LogP contribution < -0.4 is 9.47 Å². The molecule has 3 aromatic carbocycles. The van der Waals surface area contributed by atoms with E-state index >= 15 is 0 Å². The second-order valence-corrected chi connectivity index (χ2v) is 9.91. The Hall–Kier alpha value is -4.10. The minimum Gasteiger partial charge on any atom is -0.507 e. The smallest absolute Gasteiger partial charge is 0.295 e. The van der Waals surface area contributed by atoms with Crippen LogP contribution >= 0.6 is 0 Å². The number of benzene rings is 3. The molecule has 210 valence electrons. The van der Waals surface area contributed by atoms with Crippen LogP contribution in [-0.4, -0.2) is 48.6 Å². The third-order valence-corrected chi connectivity index (χ3v) is 6.90. The second-order valence-electron chi connectivity index (χ2n) is 9.91. The quantitative estimate of drug-likeness (QED) is 0.119. The zero-order valence-corrected chi connectivity index (χ0v) is 23.4. The van der Waals surface area contributed by atoms with Gasteiger partial charge in [0.25, 0.3) is 11.7 Å². The van der Waals surface area contributed by atoms with Crippen LogP contribution in [-0.2, 0) is 20.9 Å². The number of amides is 1. The van der Waals surface area contributed by atoms with Crippen molar-refractivity contribution >= 4 is 17.4 Å². The topological polar surface area (TPSA) is 85.3 Å². The molecule has 4 rings (SSSR count). The molecule has 1 unspecified atom stereocenters. The molecule has 1 aliphatic rings.